The first kappa shape index (κ1) is 22.4. The minimum absolute atomic E-state index is 0.0784. The van der Waals surface area contributed by atoms with Crippen molar-refractivity contribution >= 4 is 46.9 Å². The van der Waals surface area contributed by atoms with E-state index in [1.807, 2.05) is 6.07 Å². The van der Waals surface area contributed by atoms with Crippen LogP contribution < -0.4 is 5.73 Å². The maximum Gasteiger partial charge on any atom is 0.344 e. The second kappa shape index (κ2) is 8.28. The number of carbonyl (C=O) groups is 2. The van der Waals surface area contributed by atoms with Crippen molar-refractivity contribution in [3.8, 4) is 0 Å². The zero-order valence-corrected chi connectivity index (χ0v) is 18.6. The van der Waals surface area contributed by atoms with Crippen LogP contribution in [0.5, 0.6) is 0 Å². The predicted molar refractivity (Wildman–Crippen MR) is 118 cm³/mol. The van der Waals surface area contributed by atoms with E-state index in [1.165, 1.54) is 11.8 Å². The molecule has 0 radical (unpaired) electrons. The van der Waals surface area contributed by atoms with E-state index in [4.69, 9.17) is 33.7 Å². The molecule has 4 rings (SSSR count). The Hall–Kier alpha value is -1.80. The summed E-state index contributed by atoms with van der Waals surface area (Å²) in [4.78, 5) is 24.6. The molecule has 2 saturated carbocycles. The molecule has 2 aliphatic carbocycles. The predicted octanol–water partition coefficient (Wildman–Crippen LogP) is 4.48. The fourth-order valence-corrected chi connectivity index (χ4v) is 6.21. The summed E-state index contributed by atoms with van der Waals surface area (Å²) in [5.41, 5.74) is 3.58. The highest BCUT2D eigenvalue weighted by molar-refractivity contribution is 7.99. The van der Waals surface area contributed by atoms with Crippen LogP contribution in [-0.4, -0.2) is 33.5 Å². The van der Waals surface area contributed by atoms with Gasteiger partial charge in [-0.1, -0.05) is 59.6 Å². The topological polar surface area (TPSA) is 89.6 Å². The van der Waals surface area contributed by atoms with Crippen LogP contribution >= 0.6 is 35.0 Å². The smallest absolute Gasteiger partial charge is 0.344 e. The van der Waals surface area contributed by atoms with E-state index < -0.39 is 40.2 Å². The summed E-state index contributed by atoms with van der Waals surface area (Å²) < 4.78 is 20.7. The number of hydrogen-bond acceptors (Lipinski definition) is 5. The van der Waals surface area contributed by atoms with Gasteiger partial charge in [0.1, 0.15) is 12.1 Å². The van der Waals surface area contributed by atoms with Gasteiger partial charge >= 0.3 is 11.9 Å². The molecule has 0 spiro atoms. The summed E-state index contributed by atoms with van der Waals surface area (Å²) in [7, 11) is 0. The maximum absolute atomic E-state index is 15.5. The van der Waals surface area contributed by atoms with E-state index in [9.17, 15) is 14.7 Å². The lowest BCUT2D eigenvalue weighted by Gasteiger charge is -2.31. The summed E-state index contributed by atoms with van der Waals surface area (Å²) in [5.74, 6) is -3.82. The molecular weight excluding hydrogens is 464 g/mol. The molecule has 3 N–H and O–H groups in total. The number of esters is 1. The zero-order valence-electron chi connectivity index (χ0n) is 16.3. The van der Waals surface area contributed by atoms with Crippen LogP contribution in [0.2, 0.25) is 10.0 Å². The van der Waals surface area contributed by atoms with Crippen molar-refractivity contribution < 1.29 is 23.8 Å². The summed E-state index contributed by atoms with van der Waals surface area (Å²) in [6.45, 7) is -0.0784. The van der Waals surface area contributed by atoms with E-state index in [0.717, 1.165) is 11.1 Å². The Morgan fingerprint density at radius 2 is 1.87 bits per heavy atom. The average molecular weight is 484 g/mol. The Labute approximate surface area is 193 Å². The number of fused-ring (bicyclic) bond motifs is 1. The first-order valence-electron chi connectivity index (χ1n) is 9.67. The molecule has 5 atom stereocenters. The maximum atomic E-state index is 15.5. The van der Waals surface area contributed by atoms with E-state index in [0.29, 0.717) is 15.8 Å². The molecule has 2 aliphatic rings. The fourth-order valence-electron chi connectivity index (χ4n) is 4.45. The molecule has 2 aromatic carbocycles. The summed E-state index contributed by atoms with van der Waals surface area (Å²) in [5, 5.41) is 10.1. The molecule has 2 aromatic rings. The molecule has 164 valence electrons. The van der Waals surface area contributed by atoms with Gasteiger partial charge in [0.05, 0.1) is 10.0 Å². The van der Waals surface area contributed by atoms with Crippen molar-refractivity contribution in [1.29, 1.82) is 0 Å². The number of carbonyl (C=O) groups excluding carboxylic acids is 1. The molecular formula is C22H20Cl2FNO4S. The van der Waals surface area contributed by atoms with E-state index in [2.05, 4.69) is 0 Å². The highest BCUT2D eigenvalue weighted by Gasteiger charge is 2.85. The quantitative estimate of drug-likeness (QED) is 0.564. The van der Waals surface area contributed by atoms with Crippen molar-refractivity contribution in [3.63, 3.8) is 0 Å². The summed E-state index contributed by atoms with van der Waals surface area (Å²) >= 11 is 13.3. The lowest BCUT2D eigenvalue weighted by atomic mass is 9.90. The van der Waals surface area contributed by atoms with E-state index >= 15 is 4.39 Å². The second-order valence-electron chi connectivity index (χ2n) is 7.94. The van der Waals surface area contributed by atoms with Gasteiger partial charge in [0, 0.05) is 22.8 Å². The molecule has 5 nitrogen and oxygen atoms in total. The number of carboxylic acids is 1. The highest BCUT2D eigenvalue weighted by Crippen LogP contribution is 2.69. The second-order valence-corrected chi connectivity index (χ2v) is 9.94. The van der Waals surface area contributed by atoms with Gasteiger partial charge in [-0.2, -0.15) is 11.8 Å². The van der Waals surface area contributed by atoms with Crippen LogP contribution in [0.25, 0.3) is 0 Å². The van der Waals surface area contributed by atoms with Gasteiger partial charge in [-0.25, -0.2) is 9.18 Å². The van der Waals surface area contributed by atoms with Crippen LogP contribution in [0, 0.1) is 11.8 Å². The Balaban J connectivity index is 1.44. The van der Waals surface area contributed by atoms with Gasteiger partial charge in [-0.15, -0.1) is 0 Å². The van der Waals surface area contributed by atoms with Gasteiger partial charge < -0.3 is 15.6 Å². The first-order chi connectivity index (χ1) is 14.7. The number of alkyl halides is 1. The number of ether oxygens (including phenoxy) is 1. The number of aliphatic carboxylic acids is 1. The number of nitrogens with two attached hydrogens (primary N) is 1. The van der Waals surface area contributed by atoms with Gasteiger partial charge in [0.15, 0.2) is 0 Å². The Bertz CT molecular complexity index is 1030. The number of rotatable bonds is 7. The van der Waals surface area contributed by atoms with Gasteiger partial charge in [0.25, 0.3) is 0 Å². The van der Waals surface area contributed by atoms with Crippen LogP contribution in [0.3, 0.4) is 0 Å². The molecule has 9 heteroatoms. The van der Waals surface area contributed by atoms with Crippen LogP contribution in [0.4, 0.5) is 4.39 Å². The Kier molecular flexibility index (Phi) is 5.98. The van der Waals surface area contributed by atoms with Gasteiger partial charge in [-0.3, -0.25) is 4.79 Å². The summed E-state index contributed by atoms with van der Waals surface area (Å²) in [6, 6.07) is 14.0. The molecule has 0 unspecified atom stereocenters. The standard InChI is InChI=1S/C22H20Cl2FNO4S/c23-15-7-6-13(8-16(15)24)11-31-17-9-14-18(22(17,26)19(27)28)21(14,25)20(29)30-10-12-4-2-1-3-5-12/h1-8,14,17-18H,9-11,26H2,(H,27,28)/t14-,17-,18+,21-,22+/m1/s1. The lowest BCUT2D eigenvalue weighted by Crippen LogP contribution is -2.58. The third kappa shape index (κ3) is 3.82. The number of benzene rings is 2. The molecule has 0 heterocycles. The fraction of sp³-hybridized carbons (Fsp3) is 0.364. The third-order valence-electron chi connectivity index (χ3n) is 6.13. The van der Waals surface area contributed by atoms with Crippen molar-refractivity contribution in [1.82, 2.24) is 0 Å². The van der Waals surface area contributed by atoms with Crippen molar-refractivity contribution in [3.05, 3.63) is 69.7 Å². The Morgan fingerprint density at radius 3 is 2.52 bits per heavy atom. The molecule has 2 fully saturated rings. The number of carboxylic acid groups (broad SMARTS) is 1. The normalized spacial score (nSPS) is 31.2. The van der Waals surface area contributed by atoms with Gasteiger partial charge in [0.2, 0.25) is 5.67 Å². The third-order valence-corrected chi connectivity index (χ3v) is 8.36. The van der Waals surface area contributed by atoms with Gasteiger partial charge in [-0.05, 0) is 29.7 Å². The SMILES string of the molecule is N[C@]1(C(=O)O)[C@H]2[C@@H](C[C@H]1SCc1ccc(Cl)c(Cl)c1)[C@]2(F)C(=O)OCc1ccccc1. The minimum Gasteiger partial charge on any atom is -0.480 e. The molecule has 31 heavy (non-hydrogen) atoms. The molecule has 0 saturated heterocycles. The molecule has 0 amide bonds. The van der Waals surface area contributed by atoms with Crippen molar-refractivity contribution in [2.45, 2.75) is 35.2 Å². The van der Waals surface area contributed by atoms with Crippen LogP contribution in [0.15, 0.2) is 48.5 Å². The highest BCUT2D eigenvalue weighted by atomic mass is 35.5. The number of hydrogen-bond donors (Lipinski definition) is 2. The van der Waals surface area contributed by atoms with E-state index in [1.54, 1.807) is 42.5 Å². The minimum atomic E-state index is -2.37. The molecule has 0 aromatic heterocycles. The average Bonchev–Trinajstić information content (AvgIpc) is 3.22. The number of thioether (sulfide) groups is 1. The van der Waals surface area contributed by atoms with Crippen LogP contribution in [-0.2, 0) is 26.7 Å². The lowest BCUT2D eigenvalue weighted by molar-refractivity contribution is -0.156. The zero-order chi connectivity index (χ0) is 22.4. The van der Waals surface area contributed by atoms with Crippen LogP contribution in [0.1, 0.15) is 17.5 Å². The van der Waals surface area contributed by atoms with E-state index in [-0.39, 0.29) is 13.0 Å². The summed E-state index contributed by atoms with van der Waals surface area (Å²) in [6.07, 6.45) is 0.177. The molecule has 0 aliphatic heterocycles. The largest absolute Gasteiger partial charge is 0.480 e. The first-order valence-corrected chi connectivity index (χ1v) is 11.5. The Morgan fingerprint density at radius 1 is 1.16 bits per heavy atom. The monoisotopic (exact) mass is 483 g/mol. The molecule has 0 bridgehead atoms. The van der Waals surface area contributed by atoms with Crippen molar-refractivity contribution in [2.24, 2.45) is 17.6 Å². The number of halogens is 3. The van der Waals surface area contributed by atoms with Crippen molar-refractivity contribution in [2.75, 3.05) is 0 Å².